The fourth-order valence-electron chi connectivity index (χ4n) is 2.96. The molecule has 3 aromatic carbocycles. The van der Waals surface area contributed by atoms with E-state index in [-0.39, 0.29) is 12.2 Å². The van der Waals surface area contributed by atoms with E-state index in [2.05, 4.69) is 5.32 Å². The number of halogens is 1. The molecule has 0 saturated heterocycles. The number of sulfonamides is 1. The second-order valence-electron chi connectivity index (χ2n) is 6.83. The van der Waals surface area contributed by atoms with Crippen LogP contribution < -0.4 is 14.4 Å². The van der Waals surface area contributed by atoms with Crippen LogP contribution in [0.2, 0.25) is 0 Å². The molecule has 3 aromatic rings. The first-order valence-electron chi connectivity index (χ1n) is 9.63. The molecule has 0 aliphatic rings. The normalized spacial score (nSPS) is 11.1. The molecule has 6 nitrogen and oxygen atoms in total. The molecule has 0 fully saturated rings. The molecule has 0 aliphatic carbocycles. The summed E-state index contributed by atoms with van der Waals surface area (Å²) in [4.78, 5) is 12.4. The Labute approximate surface area is 181 Å². The Morgan fingerprint density at radius 3 is 2.23 bits per heavy atom. The number of carbonyl (C=O) groups excluding carboxylic acids is 1. The Balaban J connectivity index is 1.75. The SMILES string of the molecule is CCOc1ccc(N(Cc2ccc(C(=O)Nc3ccccc3F)cc2)S(C)(=O)=O)cc1. The van der Waals surface area contributed by atoms with E-state index in [0.717, 1.165) is 6.26 Å². The van der Waals surface area contributed by atoms with Crippen LogP contribution in [0.1, 0.15) is 22.8 Å². The van der Waals surface area contributed by atoms with E-state index in [0.29, 0.717) is 29.2 Å². The van der Waals surface area contributed by atoms with Gasteiger partial charge in [0.05, 0.1) is 30.8 Å². The summed E-state index contributed by atoms with van der Waals surface area (Å²) in [5.74, 6) is -0.320. The number of para-hydroxylation sites is 1. The Kier molecular flexibility index (Phi) is 6.91. The fraction of sp³-hybridized carbons (Fsp3) is 0.174. The number of amides is 1. The number of hydrogen-bond acceptors (Lipinski definition) is 4. The number of rotatable bonds is 8. The highest BCUT2D eigenvalue weighted by molar-refractivity contribution is 7.92. The van der Waals surface area contributed by atoms with Crippen LogP contribution >= 0.6 is 0 Å². The van der Waals surface area contributed by atoms with Gasteiger partial charge in [-0.2, -0.15) is 0 Å². The van der Waals surface area contributed by atoms with Gasteiger partial charge in [-0.05, 0) is 61.0 Å². The molecule has 0 bridgehead atoms. The summed E-state index contributed by atoms with van der Waals surface area (Å²) in [6.45, 7) is 2.49. The maximum absolute atomic E-state index is 13.7. The van der Waals surface area contributed by atoms with Crippen molar-refractivity contribution in [3.05, 3.63) is 89.7 Å². The number of anilines is 2. The molecule has 0 heterocycles. The third-order valence-corrected chi connectivity index (χ3v) is 5.64. The summed E-state index contributed by atoms with van der Waals surface area (Å²) in [5.41, 5.74) is 1.63. The summed E-state index contributed by atoms with van der Waals surface area (Å²) in [7, 11) is -3.54. The van der Waals surface area contributed by atoms with E-state index in [9.17, 15) is 17.6 Å². The molecule has 0 unspecified atom stereocenters. The van der Waals surface area contributed by atoms with Gasteiger partial charge in [-0.1, -0.05) is 24.3 Å². The largest absolute Gasteiger partial charge is 0.494 e. The first-order valence-corrected chi connectivity index (χ1v) is 11.5. The summed E-state index contributed by atoms with van der Waals surface area (Å²) in [5, 5.41) is 2.52. The van der Waals surface area contributed by atoms with Crippen molar-refractivity contribution in [1.29, 1.82) is 0 Å². The van der Waals surface area contributed by atoms with E-state index in [4.69, 9.17) is 4.74 Å². The molecule has 0 aromatic heterocycles. The lowest BCUT2D eigenvalue weighted by Gasteiger charge is -2.23. The standard InChI is InChI=1S/C23H23FN2O4S/c1-3-30-20-14-12-19(13-15-20)26(31(2,28)29)16-17-8-10-18(11-9-17)23(27)25-22-7-5-4-6-21(22)24/h4-15H,3,16H2,1-2H3,(H,25,27). The highest BCUT2D eigenvalue weighted by Gasteiger charge is 2.18. The van der Waals surface area contributed by atoms with Gasteiger partial charge in [-0.15, -0.1) is 0 Å². The van der Waals surface area contributed by atoms with Crippen LogP contribution in [0, 0.1) is 5.82 Å². The summed E-state index contributed by atoms with van der Waals surface area (Å²) in [6.07, 6.45) is 1.14. The van der Waals surface area contributed by atoms with Gasteiger partial charge >= 0.3 is 0 Å². The van der Waals surface area contributed by atoms with Gasteiger partial charge in [0.15, 0.2) is 0 Å². The van der Waals surface area contributed by atoms with Gasteiger partial charge in [0.25, 0.3) is 5.91 Å². The van der Waals surface area contributed by atoms with Crippen molar-refractivity contribution in [3.63, 3.8) is 0 Å². The smallest absolute Gasteiger partial charge is 0.255 e. The van der Waals surface area contributed by atoms with Gasteiger partial charge in [-0.3, -0.25) is 9.10 Å². The van der Waals surface area contributed by atoms with Gasteiger partial charge in [0, 0.05) is 5.56 Å². The quantitative estimate of drug-likeness (QED) is 0.560. The van der Waals surface area contributed by atoms with Crippen LogP contribution in [0.15, 0.2) is 72.8 Å². The van der Waals surface area contributed by atoms with E-state index in [1.807, 2.05) is 6.92 Å². The molecule has 0 atom stereocenters. The minimum absolute atomic E-state index is 0.0929. The molecule has 0 saturated carbocycles. The minimum Gasteiger partial charge on any atom is -0.494 e. The van der Waals surface area contributed by atoms with Crippen LogP contribution in [0.4, 0.5) is 15.8 Å². The Hall–Kier alpha value is -3.39. The zero-order valence-electron chi connectivity index (χ0n) is 17.2. The van der Waals surface area contributed by atoms with Crippen LogP contribution in [0.5, 0.6) is 5.75 Å². The molecule has 0 spiro atoms. The Morgan fingerprint density at radius 1 is 1.00 bits per heavy atom. The fourth-order valence-corrected chi connectivity index (χ4v) is 3.85. The van der Waals surface area contributed by atoms with Crippen LogP contribution in [0.25, 0.3) is 0 Å². The third-order valence-electron chi connectivity index (χ3n) is 4.50. The lowest BCUT2D eigenvalue weighted by Crippen LogP contribution is -2.29. The zero-order chi connectivity index (χ0) is 22.4. The third kappa shape index (κ3) is 5.82. The van der Waals surface area contributed by atoms with Gasteiger partial charge in [-0.25, -0.2) is 12.8 Å². The van der Waals surface area contributed by atoms with Crippen molar-refractivity contribution in [3.8, 4) is 5.75 Å². The average molecular weight is 443 g/mol. The highest BCUT2D eigenvalue weighted by atomic mass is 32.2. The Bertz CT molecular complexity index is 1150. The monoisotopic (exact) mass is 442 g/mol. The molecule has 162 valence electrons. The number of nitrogens with one attached hydrogen (secondary N) is 1. The maximum atomic E-state index is 13.7. The van der Waals surface area contributed by atoms with Gasteiger partial charge in [0.1, 0.15) is 11.6 Å². The summed E-state index contributed by atoms with van der Waals surface area (Å²) in [6, 6.07) is 19.2. The van der Waals surface area contributed by atoms with Gasteiger partial charge in [0.2, 0.25) is 10.0 Å². The molecule has 3 rings (SSSR count). The second kappa shape index (κ2) is 9.61. The van der Waals surface area contributed by atoms with Gasteiger partial charge < -0.3 is 10.1 Å². The molecule has 0 aliphatic heterocycles. The molecular weight excluding hydrogens is 419 g/mol. The van der Waals surface area contributed by atoms with Crippen molar-refractivity contribution in [2.24, 2.45) is 0 Å². The lowest BCUT2D eigenvalue weighted by atomic mass is 10.1. The van der Waals surface area contributed by atoms with Crippen LogP contribution in [-0.4, -0.2) is 27.2 Å². The average Bonchev–Trinajstić information content (AvgIpc) is 2.74. The second-order valence-corrected chi connectivity index (χ2v) is 8.73. The van der Waals surface area contributed by atoms with Crippen molar-refractivity contribution < 1.29 is 22.3 Å². The maximum Gasteiger partial charge on any atom is 0.255 e. The number of nitrogens with zero attached hydrogens (tertiary/aromatic N) is 1. The van der Waals surface area contributed by atoms with Crippen molar-refractivity contribution in [2.75, 3.05) is 22.5 Å². The topological polar surface area (TPSA) is 75.7 Å². The van der Waals surface area contributed by atoms with E-state index in [1.165, 1.54) is 22.5 Å². The molecule has 1 N–H and O–H groups in total. The Morgan fingerprint density at radius 2 is 1.65 bits per heavy atom. The molecule has 0 radical (unpaired) electrons. The highest BCUT2D eigenvalue weighted by Crippen LogP contribution is 2.24. The van der Waals surface area contributed by atoms with Crippen molar-refractivity contribution in [1.82, 2.24) is 0 Å². The van der Waals surface area contributed by atoms with Crippen LogP contribution in [-0.2, 0) is 16.6 Å². The van der Waals surface area contributed by atoms with E-state index in [1.54, 1.807) is 54.6 Å². The number of hydrogen-bond donors (Lipinski definition) is 1. The number of carbonyl (C=O) groups is 1. The minimum atomic E-state index is -3.54. The molecular formula is C23H23FN2O4S. The number of ether oxygens (including phenoxy) is 1. The first kappa shape index (κ1) is 22.3. The first-order chi connectivity index (χ1) is 14.8. The summed E-state index contributed by atoms with van der Waals surface area (Å²) < 4.78 is 45.1. The predicted molar refractivity (Wildman–Crippen MR) is 119 cm³/mol. The molecule has 31 heavy (non-hydrogen) atoms. The predicted octanol–water partition coefficient (Wildman–Crippen LogP) is 4.44. The molecule has 1 amide bonds. The van der Waals surface area contributed by atoms with E-state index >= 15 is 0 Å². The summed E-state index contributed by atoms with van der Waals surface area (Å²) >= 11 is 0. The van der Waals surface area contributed by atoms with Crippen molar-refractivity contribution >= 4 is 27.3 Å². The lowest BCUT2D eigenvalue weighted by molar-refractivity contribution is 0.102. The zero-order valence-corrected chi connectivity index (χ0v) is 18.0. The molecule has 8 heteroatoms. The van der Waals surface area contributed by atoms with Crippen molar-refractivity contribution in [2.45, 2.75) is 13.5 Å². The van der Waals surface area contributed by atoms with E-state index < -0.39 is 21.7 Å². The van der Waals surface area contributed by atoms with Crippen LogP contribution in [0.3, 0.4) is 0 Å². The number of benzene rings is 3.